The first-order valence-electron chi connectivity index (χ1n) is 28.2. The first kappa shape index (κ1) is 64.3. The Labute approximate surface area is 419 Å². The van der Waals surface area contributed by atoms with E-state index in [9.17, 15) is 14.4 Å². The van der Waals surface area contributed by atoms with Gasteiger partial charge in [0.1, 0.15) is 13.2 Å². The Hall–Kier alpha value is -3.67. The van der Waals surface area contributed by atoms with E-state index in [2.05, 4.69) is 106 Å². The maximum absolute atomic E-state index is 12.8. The summed E-state index contributed by atoms with van der Waals surface area (Å²) in [5, 5.41) is 0. The summed E-state index contributed by atoms with van der Waals surface area (Å²) in [5.41, 5.74) is 0. The van der Waals surface area contributed by atoms with Gasteiger partial charge in [-0.05, 0) is 103 Å². The lowest BCUT2D eigenvalue weighted by Crippen LogP contribution is -2.30. The third-order valence-electron chi connectivity index (χ3n) is 11.8. The van der Waals surface area contributed by atoms with Crippen LogP contribution in [0, 0.1) is 0 Å². The maximum Gasteiger partial charge on any atom is 0.306 e. The minimum atomic E-state index is -0.822. The Morgan fingerprint density at radius 3 is 1.01 bits per heavy atom. The van der Waals surface area contributed by atoms with E-state index in [1.54, 1.807) is 0 Å². The topological polar surface area (TPSA) is 78.9 Å². The number of esters is 3. The van der Waals surface area contributed by atoms with E-state index in [1.807, 2.05) is 12.2 Å². The van der Waals surface area contributed by atoms with Crippen LogP contribution in [0.5, 0.6) is 0 Å². The molecule has 0 aliphatic carbocycles. The molecule has 0 aromatic carbocycles. The van der Waals surface area contributed by atoms with Crippen LogP contribution in [-0.2, 0) is 28.6 Å². The van der Waals surface area contributed by atoms with Crippen LogP contribution in [0.2, 0.25) is 0 Å². The van der Waals surface area contributed by atoms with Gasteiger partial charge in [0.15, 0.2) is 6.10 Å². The molecule has 0 amide bonds. The summed E-state index contributed by atoms with van der Waals surface area (Å²) in [4.78, 5) is 38.0. The predicted octanol–water partition coefficient (Wildman–Crippen LogP) is 18.9. The van der Waals surface area contributed by atoms with Crippen LogP contribution in [0.15, 0.2) is 97.2 Å². The highest BCUT2D eigenvalue weighted by atomic mass is 16.6. The van der Waals surface area contributed by atoms with Gasteiger partial charge in [0.2, 0.25) is 0 Å². The van der Waals surface area contributed by atoms with Crippen LogP contribution in [0.25, 0.3) is 0 Å². The van der Waals surface area contributed by atoms with Crippen molar-refractivity contribution in [2.75, 3.05) is 13.2 Å². The minimum Gasteiger partial charge on any atom is -0.462 e. The number of allylic oxidation sites excluding steroid dienone is 16. The van der Waals surface area contributed by atoms with E-state index in [0.29, 0.717) is 19.3 Å². The largest absolute Gasteiger partial charge is 0.462 e. The first-order chi connectivity index (χ1) is 33.5. The summed E-state index contributed by atoms with van der Waals surface area (Å²) >= 11 is 0. The zero-order valence-electron chi connectivity index (χ0n) is 44.3. The molecular weight excluding hydrogens is 841 g/mol. The maximum atomic E-state index is 12.8. The molecule has 0 bridgehead atoms. The SMILES string of the molecule is CC/C=C\C/C=C\C/C=C\C/C=C\C/C=C\C/C=C\CCC(=O)OC(COC(=O)CCCCCCC/C=C\CCC)COC(=O)CCCCCCCCCCC/C=C\CCCCCCCCCC. The van der Waals surface area contributed by atoms with E-state index >= 15 is 0 Å². The van der Waals surface area contributed by atoms with Crippen molar-refractivity contribution in [2.45, 2.75) is 264 Å². The summed E-state index contributed by atoms with van der Waals surface area (Å²) in [6, 6.07) is 0. The summed E-state index contributed by atoms with van der Waals surface area (Å²) in [5.74, 6) is -1.01. The second kappa shape index (κ2) is 55.9. The minimum absolute atomic E-state index is 0.112. The van der Waals surface area contributed by atoms with Crippen LogP contribution in [-0.4, -0.2) is 37.2 Å². The summed E-state index contributed by atoms with van der Waals surface area (Å²) in [6.45, 7) is 6.40. The molecule has 0 N–H and O–H groups in total. The third-order valence-corrected chi connectivity index (χ3v) is 11.8. The molecule has 1 atom stereocenters. The average Bonchev–Trinajstić information content (AvgIpc) is 3.34. The zero-order valence-corrected chi connectivity index (χ0v) is 44.3. The first-order valence-corrected chi connectivity index (χ1v) is 28.2. The number of carbonyl (C=O) groups excluding carboxylic acids is 3. The molecule has 0 saturated carbocycles. The Morgan fingerprint density at radius 1 is 0.309 bits per heavy atom. The van der Waals surface area contributed by atoms with Gasteiger partial charge < -0.3 is 14.2 Å². The van der Waals surface area contributed by atoms with Gasteiger partial charge in [-0.3, -0.25) is 14.4 Å². The standard InChI is InChI=1S/C62H104O6/c1-4-7-10-13-16-19-22-24-26-28-30-31-33-34-36-38-40-43-46-49-52-55-61(64)67-58-59(57-66-60(63)54-51-48-45-42-21-18-15-12-9-6-3)68-62(65)56-53-50-47-44-41-39-37-35-32-29-27-25-23-20-17-14-11-8-5-2/h8,11-12,15,17,20,25,27-28,30,32,35,39,41,47,50,59H,4-7,9-10,13-14,16,18-19,21-24,26,29,31,33-34,36-38,40,42-46,48-49,51-58H2,1-3H3/b11-8-,15-12-,20-17-,27-25-,30-28-,35-32-,41-39-,50-47-. The summed E-state index contributed by atoms with van der Waals surface area (Å²) < 4.78 is 16.7. The van der Waals surface area contributed by atoms with E-state index in [4.69, 9.17) is 14.2 Å². The molecule has 6 nitrogen and oxygen atoms in total. The number of hydrogen-bond donors (Lipinski definition) is 0. The molecule has 0 spiro atoms. The molecule has 0 aromatic heterocycles. The van der Waals surface area contributed by atoms with Crippen LogP contribution < -0.4 is 0 Å². The molecule has 0 aliphatic rings. The lowest BCUT2D eigenvalue weighted by molar-refractivity contribution is -0.166. The monoisotopic (exact) mass is 945 g/mol. The van der Waals surface area contributed by atoms with Crippen LogP contribution in [0.3, 0.4) is 0 Å². The number of unbranched alkanes of at least 4 members (excludes halogenated alkanes) is 23. The van der Waals surface area contributed by atoms with Gasteiger partial charge in [-0.25, -0.2) is 0 Å². The lowest BCUT2D eigenvalue weighted by atomic mass is 10.1. The fraction of sp³-hybridized carbons (Fsp3) is 0.694. The molecular formula is C62H104O6. The van der Waals surface area contributed by atoms with E-state index < -0.39 is 12.1 Å². The summed E-state index contributed by atoms with van der Waals surface area (Å²) in [6.07, 6.45) is 74.2. The fourth-order valence-electron chi connectivity index (χ4n) is 7.58. The number of carbonyl (C=O) groups is 3. The van der Waals surface area contributed by atoms with Gasteiger partial charge >= 0.3 is 17.9 Å². The normalized spacial score (nSPS) is 12.8. The van der Waals surface area contributed by atoms with E-state index in [1.165, 1.54) is 116 Å². The highest BCUT2D eigenvalue weighted by molar-refractivity contribution is 5.71. The van der Waals surface area contributed by atoms with Gasteiger partial charge in [0.05, 0.1) is 0 Å². The second-order valence-electron chi connectivity index (χ2n) is 18.5. The van der Waals surface area contributed by atoms with Crippen molar-refractivity contribution in [3.8, 4) is 0 Å². The number of ether oxygens (including phenoxy) is 3. The Bertz CT molecular complexity index is 1360. The molecule has 6 heteroatoms. The highest BCUT2D eigenvalue weighted by Crippen LogP contribution is 2.14. The van der Waals surface area contributed by atoms with Crippen molar-refractivity contribution in [1.29, 1.82) is 0 Å². The van der Waals surface area contributed by atoms with E-state index in [-0.39, 0.29) is 31.6 Å². The Morgan fingerprint density at radius 2 is 0.632 bits per heavy atom. The van der Waals surface area contributed by atoms with Crippen LogP contribution in [0.4, 0.5) is 0 Å². The fourth-order valence-corrected chi connectivity index (χ4v) is 7.58. The van der Waals surface area contributed by atoms with Gasteiger partial charge in [-0.1, -0.05) is 234 Å². The van der Waals surface area contributed by atoms with E-state index in [0.717, 1.165) is 96.3 Å². The molecule has 0 aliphatic heterocycles. The molecule has 0 heterocycles. The Kier molecular flexibility index (Phi) is 52.9. The lowest BCUT2D eigenvalue weighted by Gasteiger charge is -2.18. The van der Waals surface area contributed by atoms with Crippen molar-refractivity contribution < 1.29 is 28.6 Å². The Balaban J connectivity index is 4.41. The quantitative estimate of drug-likeness (QED) is 0.0262. The van der Waals surface area contributed by atoms with Crippen molar-refractivity contribution in [3.05, 3.63) is 97.2 Å². The van der Waals surface area contributed by atoms with Gasteiger partial charge in [0, 0.05) is 19.3 Å². The molecule has 0 radical (unpaired) electrons. The van der Waals surface area contributed by atoms with Crippen molar-refractivity contribution in [2.24, 2.45) is 0 Å². The smallest absolute Gasteiger partial charge is 0.306 e. The number of rotatable bonds is 50. The van der Waals surface area contributed by atoms with Crippen molar-refractivity contribution >= 4 is 17.9 Å². The highest BCUT2D eigenvalue weighted by Gasteiger charge is 2.19. The van der Waals surface area contributed by atoms with Gasteiger partial charge in [-0.15, -0.1) is 0 Å². The van der Waals surface area contributed by atoms with Crippen molar-refractivity contribution in [3.63, 3.8) is 0 Å². The molecule has 68 heavy (non-hydrogen) atoms. The number of hydrogen-bond acceptors (Lipinski definition) is 6. The molecule has 0 aromatic rings. The van der Waals surface area contributed by atoms with Crippen LogP contribution >= 0.6 is 0 Å². The molecule has 0 saturated heterocycles. The average molecular weight is 946 g/mol. The molecule has 0 fully saturated rings. The third kappa shape index (κ3) is 53.3. The van der Waals surface area contributed by atoms with Crippen LogP contribution in [0.1, 0.15) is 258 Å². The molecule has 1 unspecified atom stereocenters. The molecule has 0 rings (SSSR count). The zero-order chi connectivity index (χ0) is 49.3. The van der Waals surface area contributed by atoms with Gasteiger partial charge in [0.25, 0.3) is 0 Å². The second-order valence-corrected chi connectivity index (χ2v) is 18.5. The predicted molar refractivity (Wildman–Crippen MR) is 293 cm³/mol. The summed E-state index contributed by atoms with van der Waals surface area (Å²) in [7, 11) is 0. The van der Waals surface area contributed by atoms with Crippen molar-refractivity contribution in [1.82, 2.24) is 0 Å². The molecule has 388 valence electrons. The van der Waals surface area contributed by atoms with Gasteiger partial charge in [-0.2, -0.15) is 0 Å².